The Bertz CT molecular complexity index is 6.00. The van der Waals surface area contributed by atoms with Crippen molar-refractivity contribution in [2.45, 2.75) is 0 Å². The summed E-state index contributed by atoms with van der Waals surface area (Å²) in [7, 11) is 0. The maximum absolute atomic E-state index is 0. The van der Waals surface area contributed by atoms with Crippen molar-refractivity contribution < 1.29 is 47.1 Å². The van der Waals surface area contributed by atoms with Crippen LogP contribution in [0.4, 0.5) is 0 Å². The molecule has 0 aromatic heterocycles. The van der Waals surface area contributed by atoms with Gasteiger partial charge in [0.2, 0.25) is 0 Å². The van der Waals surface area contributed by atoms with E-state index >= 15 is 0 Å². The third-order valence-electron chi connectivity index (χ3n) is 0. The van der Waals surface area contributed by atoms with E-state index in [0.29, 0.717) is 0 Å². The fourth-order valence-electron chi connectivity index (χ4n) is 0. The van der Waals surface area contributed by atoms with Gasteiger partial charge in [-0.3, -0.25) is 0 Å². The first-order valence-electron chi connectivity index (χ1n) is 0. The van der Waals surface area contributed by atoms with Gasteiger partial charge in [-0.25, -0.2) is 0 Å². The molecule has 0 amide bonds. The van der Waals surface area contributed by atoms with Crippen LogP contribution in [0.2, 0.25) is 0 Å². The zero-order valence-corrected chi connectivity index (χ0v) is 14.1. The van der Waals surface area contributed by atoms with E-state index in [1.807, 2.05) is 0 Å². The third kappa shape index (κ3) is 8.82. The van der Waals surface area contributed by atoms with E-state index in [4.69, 9.17) is 0 Å². The largest absolute Gasteiger partial charge is 2.00 e. The molecule has 16 valence electrons. The van der Waals surface area contributed by atoms with Gasteiger partial charge in [0.15, 0.2) is 0 Å². The summed E-state index contributed by atoms with van der Waals surface area (Å²) >= 11 is 0. The minimum absolute atomic E-state index is 0. The van der Waals surface area contributed by atoms with Crippen LogP contribution < -0.4 is 0 Å². The van der Waals surface area contributed by atoms with Gasteiger partial charge in [-0.05, 0) is 0 Å². The van der Waals surface area contributed by atoms with Crippen LogP contribution in [0.1, 0.15) is 0 Å². The summed E-state index contributed by atoms with van der Waals surface area (Å²) < 4.78 is 0. The SMILES string of the molecule is [Hg+2].[Se-2].[Se-2].[Zn+2]. The molecule has 0 aromatic rings. The maximum Gasteiger partial charge on any atom is 2.00 e. The van der Waals surface area contributed by atoms with Crippen LogP contribution in [0.5, 0.6) is 0 Å². The summed E-state index contributed by atoms with van der Waals surface area (Å²) in [6, 6.07) is 0. The molecule has 0 nitrogen and oxygen atoms in total. The van der Waals surface area contributed by atoms with Gasteiger partial charge in [0, 0.05) is 0 Å². The van der Waals surface area contributed by atoms with Gasteiger partial charge in [-0.1, -0.05) is 0 Å². The van der Waals surface area contributed by atoms with Crippen molar-refractivity contribution in [2.24, 2.45) is 0 Å². The van der Waals surface area contributed by atoms with Crippen molar-refractivity contribution in [3.8, 4) is 0 Å². The molecular formula is HgSe2Zn. The second kappa shape index (κ2) is 17.5. The maximum atomic E-state index is 0. The molecule has 0 saturated carbocycles. The molecule has 0 aliphatic carbocycles. The van der Waals surface area contributed by atoms with Crippen molar-refractivity contribution in [1.82, 2.24) is 0 Å². The predicted molar refractivity (Wildman–Crippen MR) is 11.5 cm³/mol. The Morgan fingerprint density at radius 2 is 0.750 bits per heavy atom. The standard InChI is InChI=1S/Hg.2Se.Zn/q+2;2*-2;+2. The fraction of sp³-hybridized carbons (Fsp3) is 0. The van der Waals surface area contributed by atoms with Crippen LogP contribution in [0.25, 0.3) is 0 Å². The minimum atomic E-state index is 0. The third-order valence-corrected chi connectivity index (χ3v) is 0. The van der Waals surface area contributed by atoms with Gasteiger partial charge in [0.1, 0.15) is 0 Å². The van der Waals surface area contributed by atoms with Crippen LogP contribution in [-0.2, 0) is 47.1 Å². The van der Waals surface area contributed by atoms with Crippen LogP contribution in [0.3, 0.4) is 0 Å². The zero-order chi connectivity index (χ0) is 0. The van der Waals surface area contributed by atoms with E-state index in [0.717, 1.165) is 0 Å². The van der Waals surface area contributed by atoms with E-state index in [-0.39, 0.29) is 81.3 Å². The summed E-state index contributed by atoms with van der Waals surface area (Å²) in [4.78, 5) is 0. The molecule has 0 aromatic carbocycles. The summed E-state index contributed by atoms with van der Waals surface area (Å²) in [5.41, 5.74) is 0. The average molecular weight is 424 g/mol. The first-order valence-corrected chi connectivity index (χ1v) is 0. The molecule has 0 bridgehead atoms. The Morgan fingerprint density at radius 3 is 0.750 bits per heavy atom. The van der Waals surface area contributed by atoms with Gasteiger partial charge in [0.25, 0.3) is 0 Å². The van der Waals surface area contributed by atoms with Gasteiger partial charge in [-0.2, -0.15) is 0 Å². The topological polar surface area (TPSA) is 0 Å². The molecule has 0 aliphatic rings. The molecule has 4 heavy (non-hydrogen) atoms. The second-order valence-electron chi connectivity index (χ2n) is 0. The van der Waals surface area contributed by atoms with Crippen LogP contribution in [0.15, 0.2) is 0 Å². The van der Waals surface area contributed by atoms with E-state index < -0.39 is 0 Å². The molecule has 0 spiro atoms. The van der Waals surface area contributed by atoms with Gasteiger partial charge < -0.3 is 34.1 Å². The molecule has 0 N–H and O–H groups in total. The van der Waals surface area contributed by atoms with Crippen molar-refractivity contribution in [1.29, 1.82) is 0 Å². The van der Waals surface area contributed by atoms with E-state index in [1.54, 1.807) is 0 Å². The van der Waals surface area contributed by atoms with Crippen molar-refractivity contribution in [2.75, 3.05) is 0 Å². The predicted octanol–water partition coefficient (Wildman–Crippen LogP) is -0.767. The zero-order valence-electron chi connectivity index (χ0n) is 2.23. The Balaban J connectivity index is 0. The van der Waals surface area contributed by atoms with Gasteiger partial charge in [-0.15, -0.1) is 0 Å². The van der Waals surface area contributed by atoms with Gasteiger partial charge in [0.05, 0.1) is 0 Å². The van der Waals surface area contributed by atoms with Crippen molar-refractivity contribution in [3.63, 3.8) is 0 Å². The van der Waals surface area contributed by atoms with E-state index in [2.05, 4.69) is 0 Å². The molecular weight excluding hydrogens is 424 g/mol. The molecule has 0 saturated heterocycles. The van der Waals surface area contributed by atoms with Crippen LogP contribution >= 0.6 is 0 Å². The first kappa shape index (κ1) is 30.6. The first-order chi connectivity index (χ1) is 0. The molecule has 0 radical (unpaired) electrons. The molecule has 0 heterocycles. The minimum Gasteiger partial charge on any atom is -2.00 e. The molecule has 4 heteroatoms. The fourth-order valence-corrected chi connectivity index (χ4v) is 0. The normalized spacial score (nSPS) is 0. The number of rotatable bonds is 0. The number of hydrogen-bond acceptors (Lipinski definition) is 0. The second-order valence-corrected chi connectivity index (χ2v) is 0. The molecule has 0 fully saturated rings. The molecule has 0 unspecified atom stereocenters. The summed E-state index contributed by atoms with van der Waals surface area (Å²) in [6.45, 7) is 0. The van der Waals surface area contributed by atoms with E-state index in [1.165, 1.54) is 0 Å². The summed E-state index contributed by atoms with van der Waals surface area (Å²) in [5.74, 6) is 0. The Kier molecular flexibility index (Phi) is 134. The molecule has 0 rings (SSSR count). The molecule has 0 atom stereocenters. The van der Waals surface area contributed by atoms with Crippen LogP contribution in [-0.4, -0.2) is 34.1 Å². The quantitative estimate of drug-likeness (QED) is 0.449. The van der Waals surface area contributed by atoms with Gasteiger partial charge >= 0.3 is 47.1 Å². The average Bonchev–Trinajstić information content (AvgIpc) is 0. The van der Waals surface area contributed by atoms with Crippen molar-refractivity contribution in [3.05, 3.63) is 0 Å². The van der Waals surface area contributed by atoms with E-state index in [9.17, 15) is 0 Å². The number of hydrogen-bond donors (Lipinski definition) is 0. The smallest absolute Gasteiger partial charge is 2.00 e. The summed E-state index contributed by atoms with van der Waals surface area (Å²) in [5, 5.41) is 0. The molecule has 0 aliphatic heterocycles. The Morgan fingerprint density at radius 1 is 0.750 bits per heavy atom. The Hall–Kier alpha value is 2.60. The van der Waals surface area contributed by atoms with Crippen LogP contribution in [0, 0.1) is 0 Å². The summed E-state index contributed by atoms with van der Waals surface area (Å²) in [6.07, 6.45) is 0. The monoisotopic (exact) mass is 426 g/mol. The Labute approximate surface area is 80.1 Å². The van der Waals surface area contributed by atoms with Crippen molar-refractivity contribution >= 4 is 34.1 Å².